The molecule has 0 radical (unpaired) electrons. The molecule has 1 aromatic carbocycles. The summed E-state index contributed by atoms with van der Waals surface area (Å²) in [5, 5.41) is 9.31. The first-order valence-corrected chi connectivity index (χ1v) is 8.50. The number of amides is 1. The lowest BCUT2D eigenvalue weighted by Crippen LogP contribution is -2.50. The number of furan rings is 1. The molecule has 0 bridgehead atoms. The van der Waals surface area contributed by atoms with Crippen LogP contribution in [-0.4, -0.2) is 46.0 Å². The van der Waals surface area contributed by atoms with Gasteiger partial charge < -0.3 is 14.1 Å². The maximum atomic E-state index is 12.6. The van der Waals surface area contributed by atoms with Crippen LogP contribution in [0.3, 0.4) is 0 Å². The molecule has 3 aromatic rings. The zero-order chi connectivity index (χ0) is 17.0. The van der Waals surface area contributed by atoms with Gasteiger partial charge in [-0.1, -0.05) is 17.3 Å². The van der Waals surface area contributed by atoms with Crippen molar-refractivity contribution in [3.05, 3.63) is 41.9 Å². The average Bonchev–Trinajstić information content (AvgIpc) is 3.16. The number of benzene rings is 1. The topological polar surface area (TPSA) is 73.4 Å². The van der Waals surface area contributed by atoms with Crippen molar-refractivity contribution >= 4 is 16.9 Å². The van der Waals surface area contributed by atoms with Crippen LogP contribution in [0.1, 0.15) is 41.1 Å². The van der Waals surface area contributed by atoms with Crippen LogP contribution < -0.4 is 4.74 Å². The highest BCUT2D eigenvalue weighted by atomic mass is 16.5. The molecule has 2 aliphatic rings. The number of nitrogens with zero attached hydrogens (tertiary/aromatic N) is 4. The zero-order valence-corrected chi connectivity index (χ0v) is 13.9. The third-order valence-electron chi connectivity index (χ3n) is 4.99. The van der Waals surface area contributed by atoms with E-state index in [0.717, 1.165) is 11.1 Å². The molecule has 3 heterocycles. The van der Waals surface area contributed by atoms with E-state index in [1.54, 1.807) is 18.1 Å². The van der Waals surface area contributed by atoms with Gasteiger partial charge in [-0.25, -0.2) is 4.68 Å². The smallest absolute Gasteiger partial charge is 0.289 e. The summed E-state index contributed by atoms with van der Waals surface area (Å²) in [7, 11) is 1.59. The second-order valence-electron chi connectivity index (χ2n) is 6.75. The second kappa shape index (κ2) is 5.34. The van der Waals surface area contributed by atoms with Crippen molar-refractivity contribution in [1.82, 2.24) is 19.9 Å². The quantitative estimate of drug-likeness (QED) is 0.731. The van der Waals surface area contributed by atoms with Crippen molar-refractivity contribution in [2.24, 2.45) is 0 Å². The fourth-order valence-corrected chi connectivity index (χ4v) is 3.28. The van der Waals surface area contributed by atoms with Crippen LogP contribution in [0.25, 0.3) is 11.0 Å². The molecule has 1 aliphatic heterocycles. The predicted molar refractivity (Wildman–Crippen MR) is 89.7 cm³/mol. The molecule has 7 nitrogen and oxygen atoms in total. The molecular formula is C18H18N4O3. The van der Waals surface area contributed by atoms with Gasteiger partial charge in [-0.3, -0.25) is 4.79 Å². The minimum Gasteiger partial charge on any atom is -0.493 e. The molecule has 5 rings (SSSR count). The van der Waals surface area contributed by atoms with E-state index in [-0.39, 0.29) is 11.9 Å². The molecule has 1 aliphatic carbocycles. The van der Waals surface area contributed by atoms with Crippen molar-refractivity contribution in [3.63, 3.8) is 0 Å². The molecule has 0 spiro atoms. The van der Waals surface area contributed by atoms with Gasteiger partial charge >= 0.3 is 0 Å². The standard InChI is InChI=1S/C18H18N4O3/c1-24-15-4-2-3-12-7-16(25-17(12)15)18(23)21-8-13(9-21)22-10-14(19-20-22)11-5-6-11/h2-4,7,10-11,13H,5-6,8-9H2,1H3. The highest BCUT2D eigenvalue weighted by Gasteiger charge is 2.36. The van der Waals surface area contributed by atoms with Gasteiger partial charge in [0.25, 0.3) is 5.91 Å². The number of fused-ring (bicyclic) bond motifs is 1. The Labute approximate surface area is 144 Å². The normalized spacial score (nSPS) is 17.7. The number of hydrogen-bond donors (Lipinski definition) is 0. The fraction of sp³-hybridized carbons (Fsp3) is 0.389. The monoisotopic (exact) mass is 338 g/mol. The Bertz CT molecular complexity index is 950. The molecule has 0 N–H and O–H groups in total. The lowest BCUT2D eigenvalue weighted by atomic mass is 10.1. The molecule has 128 valence electrons. The van der Waals surface area contributed by atoms with Gasteiger partial charge in [-0.2, -0.15) is 0 Å². The summed E-state index contributed by atoms with van der Waals surface area (Å²) in [4.78, 5) is 14.4. The Balaban J connectivity index is 1.30. The lowest BCUT2D eigenvalue weighted by molar-refractivity contribution is 0.0469. The first-order valence-electron chi connectivity index (χ1n) is 8.50. The van der Waals surface area contributed by atoms with Gasteiger partial charge in [-0.15, -0.1) is 5.10 Å². The van der Waals surface area contributed by atoms with Crippen LogP contribution in [0, 0.1) is 0 Å². The van der Waals surface area contributed by atoms with Gasteiger partial charge in [0, 0.05) is 30.6 Å². The SMILES string of the molecule is COc1cccc2cc(C(=O)N3CC(n4cc(C5CC5)nn4)C3)oc12. The van der Waals surface area contributed by atoms with Gasteiger partial charge in [0.05, 0.1) is 18.8 Å². The molecule has 1 saturated carbocycles. The largest absolute Gasteiger partial charge is 0.493 e. The van der Waals surface area contributed by atoms with E-state index in [9.17, 15) is 4.79 Å². The van der Waals surface area contributed by atoms with Crippen LogP contribution >= 0.6 is 0 Å². The van der Waals surface area contributed by atoms with Crippen molar-refractivity contribution in [1.29, 1.82) is 0 Å². The number of aromatic nitrogens is 3. The number of carbonyl (C=O) groups excluding carboxylic acids is 1. The van der Waals surface area contributed by atoms with E-state index < -0.39 is 0 Å². The van der Waals surface area contributed by atoms with Crippen LogP contribution in [0.15, 0.2) is 34.9 Å². The molecular weight excluding hydrogens is 320 g/mol. The van der Waals surface area contributed by atoms with Gasteiger partial charge in [0.2, 0.25) is 0 Å². The van der Waals surface area contributed by atoms with Gasteiger partial charge in [0.1, 0.15) is 0 Å². The predicted octanol–water partition coefficient (Wildman–Crippen LogP) is 2.61. The minimum absolute atomic E-state index is 0.1000. The van der Waals surface area contributed by atoms with Crippen LogP contribution in [-0.2, 0) is 0 Å². The van der Waals surface area contributed by atoms with E-state index in [1.165, 1.54) is 12.8 Å². The fourth-order valence-electron chi connectivity index (χ4n) is 3.28. The zero-order valence-electron chi connectivity index (χ0n) is 13.9. The summed E-state index contributed by atoms with van der Waals surface area (Å²) < 4.78 is 12.9. The number of para-hydroxylation sites is 1. The van der Waals surface area contributed by atoms with Gasteiger partial charge in [-0.05, 0) is 25.0 Å². The number of likely N-dealkylation sites (tertiary alicyclic amines) is 1. The number of ether oxygens (including phenoxy) is 1. The number of carbonyl (C=O) groups is 1. The van der Waals surface area contributed by atoms with Crippen LogP contribution in [0.5, 0.6) is 5.75 Å². The summed E-state index contributed by atoms with van der Waals surface area (Å²) >= 11 is 0. The summed E-state index contributed by atoms with van der Waals surface area (Å²) in [5.41, 5.74) is 1.69. The molecule has 2 aromatic heterocycles. The molecule has 7 heteroatoms. The second-order valence-corrected chi connectivity index (χ2v) is 6.75. The summed E-state index contributed by atoms with van der Waals surface area (Å²) in [6.07, 6.45) is 4.45. The lowest BCUT2D eigenvalue weighted by Gasteiger charge is -2.38. The highest BCUT2D eigenvalue weighted by molar-refractivity contribution is 5.97. The third kappa shape index (κ3) is 2.38. The van der Waals surface area contributed by atoms with Crippen molar-refractivity contribution in [2.75, 3.05) is 20.2 Å². The summed E-state index contributed by atoms with van der Waals surface area (Å²) in [6, 6.07) is 7.58. The van der Waals surface area contributed by atoms with E-state index in [2.05, 4.69) is 10.3 Å². The Hall–Kier alpha value is -2.83. The molecule has 1 amide bonds. The Morgan fingerprint density at radius 2 is 2.16 bits per heavy atom. The Morgan fingerprint density at radius 1 is 1.32 bits per heavy atom. The van der Waals surface area contributed by atoms with Crippen LogP contribution in [0.4, 0.5) is 0 Å². The molecule has 1 saturated heterocycles. The van der Waals surface area contributed by atoms with Crippen molar-refractivity contribution in [2.45, 2.75) is 24.8 Å². The van der Waals surface area contributed by atoms with E-state index in [1.807, 2.05) is 29.1 Å². The Kier molecular flexibility index (Phi) is 3.10. The number of methoxy groups -OCH3 is 1. The third-order valence-corrected chi connectivity index (χ3v) is 4.99. The highest BCUT2D eigenvalue weighted by Crippen LogP contribution is 2.39. The minimum atomic E-state index is -0.1000. The van der Waals surface area contributed by atoms with Crippen molar-refractivity contribution in [3.8, 4) is 5.75 Å². The van der Waals surface area contributed by atoms with Crippen LogP contribution in [0.2, 0.25) is 0 Å². The average molecular weight is 338 g/mol. The molecule has 0 unspecified atom stereocenters. The maximum absolute atomic E-state index is 12.6. The first-order chi connectivity index (χ1) is 12.2. The number of hydrogen-bond acceptors (Lipinski definition) is 5. The number of rotatable bonds is 4. The van der Waals surface area contributed by atoms with Crippen molar-refractivity contribution < 1.29 is 13.9 Å². The van der Waals surface area contributed by atoms with E-state index >= 15 is 0 Å². The Morgan fingerprint density at radius 3 is 2.92 bits per heavy atom. The molecule has 25 heavy (non-hydrogen) atoms. The summed E-state index contributed by atoms with van der Waals surface area (Å²) in [6.45, 7) is 1.25. The molecule has 0 atom stereocenters. The first kappa shape index (κ1) is 14.5. The van der Waals surface area contributed by atoms with E-state index in [4.69, 9.17) is 9.15 Å². The van der Waals surface area contributed by atoms with Gasteiger partial charge in [0.15, 0.2) is 17.1 Å². The van der Waals surface area contributed by atoms with E-state index in [0.29, 0.717) is 36.1 Å². The molecule has 2 fully saturated rings. The maximum Gasteiger partial charge on any atom is 0.289 e. The summed E-state index contributed by atoms with van der Waals surface area (Å²) in [5.74, 6) is 1.47.